The van der Waals surface area contributed by atoms with Gasteiger partial charge in [-0.15, -0.1) is 25.3 Å². The summed E-state index contributed by atoms with van der Waals surface area (Å²) in [6, 6.07) is 0. The summed E-state index contributed by atoms with van der Waals surface area (Å²) in [6.07, 6.45) is 0. The minimum atomic E-state index is -0.247. The molecule has 0 saturated carbocycles. The van der Waals surface area contributed by atoms with E-state index >= 15 is 0 Å². The fourth-order valence-electron chi connectivity index (χ4n) is 0.233. The van der Waals surface area contributed by atoms with Crippen molar-refractivity contribution >= 4 is 25.3 Å². The van der Waals surface area contributed by atoms with Gasteiger partial charge in [-0.05, 0) is 0 Å². The molecular weight excluding hydrogens is 144 g/mol. The second-order valence-electron chi connectivity index (χ2n) is 1.25. The Morgan fingerprint density at radius 1 is 1.00 bits per heavy atom. The quantitative estimate of drug-likeness (QED) is 0.462. The van der Waals surface area contributed by atoms with Gasteiger partial charge in [-0.25, -0.2) is 0 Å². The number of hydrogen-bond acceptors (Lipinski definition) is 4. The Balaban J connectivity index is 3.29. The van der Waals surface area contributed by atoms with Gasteiger partial charge in [0.1, 0.15) is 10.9 Å². The molecule has 2 unspecified atom stereocenters. The highest BCUT2D eigenvalue weighted by Crippen LogP contribution is 2.08. The zero-order valence-electron chi connectivity index (χ0n) is 4.87. The zero-order chi connectivity index (χ0) is 6.57. The normalized spacial score (nSPS) is 18.0. The molecule has 0 rings (SSSR count). The van der Waals surface area contributed by atoms with Crippen molar-refractivity contribution in [1.82, 2.24) is 0 Å². The van der Waals surface area contributed by atoms with E-state index in [4.69, 9.17) is 9.47 Å². The fraction of sp³-hybridized carbons (Fsp3) is 1.00. The molecule has 0 aliphatic heterocycles. The summed E-state index contributed by atoms with van der Waals surface area (Å²) in [5, 5.41) is 0. The van der Waals surface area contributed by atoms with Crippen molar-refractivity contribution in [2.24, 2.45) is 0 Å². The second-order valence-corrected chi connectivity index (χ2v) is 2.27. The standard InChI is InChI=1S/C4H10O2S2/c1-5-3(7)4(8)6-2/h3-4,7-8H,1-2H3. The summed E-state index contributed by atoms with van der Waals surface area (Å²) in [6.45, 7) is 0. The molecule has 0 aromatic heterocycles. The van der Waals surface area contributed by atoms with Gasteiger partial charge in [0.25, 0.3) is 0 Å². The smallest absolute Gasteiger partial charge is 0.135 e. The molecule has 0 heterocycles. The van der Waals surface area contributed by atoms with E-state index in [9.17, 15) is 0 Å². The molecule has 2 atom stereocenters. The molecule has 0 aliphatic rings. The van der Waals surface area contributed by atoms with Crippen LogP contribution < -0.4 is 0 Å². The molecule has 0 aliphatic carbocycles. The number of hydrogen-bond donors (Lipinski definition) is 2. The summed E-state index contributed by atoms with van der Waals surface area (Å²) in [7, 11) is 3.11. The average molecular weight is 154 g/mol. The Hall–Kier alpha value is 0.620. The van der Waals surface area contributed by atoms with E-state index < -0.39 is 0 Å². The number of ether oxygens (including phenoxy) is 2. The fourth-order valence-corrected chi connectivity index (χ4v) is 0.476. The van der Waals surface area contributed by atoms with Gasteiger partial charge in [-0.3, -0.25) is 0 Å². The van der Waals surface area contributed by atoms with Gasteiger partial charge in [0, 0.05) is 14.2 Å². The minimum Gasteiger partial charge on any atom is -0.367 e. The number of methoxy groups -OCH3 is 2. The lowest BCUT2D eigenvalue weighted by Gasteiger charge is -2.13. The molecule has 0 amide bonds. The third-order valence-electron chi connectivity index (χ3n) is 0.727. The van der Waals surface area contributed by atoms with Crippen molar-refractivity contribution in [3.8, 4) is 0 Å². The highest BCUT2D eigenvalue weighted by atomic mass is 32.1. The third-order valence-corrected chi connectivity index (χ3v) is 1.93. The van der Waals surface area contributed by atoms with Gasteiger partial charge in [-0.1, -0.05) is 0 Å². The van der Waals surface area contributed by atoms with E-state index in [2.05, 4.69) is 25.3 Å². The van der Waals surface area contributed by atoms with Crippen molar-refractivity contribution in [2.75, 3.05) is 14.2 Å². The Morgan fingerprint density at radius 2 is 1.25 bits per heavy atom. The maximum Gasteiger partial charge on any atom is 0.135 e. The van der Waals surface area contributed by atoms with Crippen LogP contribution in [0.2, 0.25) is 0 Å². The summed E-state index contributed by atoms with van der Waals surface area (Å²) >= 11 is 7.96. The van der Waals surface area contributed by atoms with Crippen molar-refractivity contribution < 1.29 is 9.47 Å². The van der Waals surface area contributed by atoms with Crippen molar-refractivity contribution in [1.29, 1.82) is 0 Å². The maximum absolute atomic E-state index is 4.77. The largest absolute Gasteiger partial charge is 0.367 e. The monoisotopic (exact) mass is 154 g/mol. The van der Waals surface area contributed by atoms with E-state index in [0.29, 0.717) is 0 Å². The highest BCUT2D eigenvalue weighted by molar-refractivity contribution is 7.85. The molecule has 0 N–H and O–H groups in total. The Morgan fingerprint density at radius 3 is 1.38 bits per heavy atom. The molecule has 0 saturated heterocycles. The molecule has 0 spiro atoms. The first-order valence-electron chi connectivity index (χ1n) is 2.14. The summed E-state index contributed by atoms with van der Waals surface area (Å²) in [4.78, 5) is 0. The average Bonchev–Trinajstić information content (AvgIpc) is 1.84. The summed E-state index contributed by atoms with van der Waals surface area (Å²) < 4.78 is 9.53. The molecule has 2 nitrogen and oxygen atoms in total. The minimum absolute atomic E-state index is 0.247. The topological polar surface area (TPSA) is 18.5 Å². The summed E-state index contributed by atoms with van der Waals surface area (Å²) in [5.74, 6) is 0. The van der Waals surface area contributed by atoms with Gasteiger partial charge >= 0.3 is 0 Å². The van der Waals surface area contributed by atoms with Crippen LogP contribution >= 0.6 is 25.3 Å². The van der Waals surface area contributed by atoms with Crippen LogP contribution in [0, 0.1) is 0 Å². The Labute approximate surface area is 60.4 Å². The Bertz CT molecular complexity index is 52.0. The molecular formula is C4H10O2S2. The van der Waals surface area contributed by atoms with Crippen LogP contribution in [0.5, 0.6) is 0 Å². The first-order chi connectivity index (χ1) is 3.72. The van der Waals surface area contributed by atoms with Crippen LogP contribution in [-0.2, 0) is 9.47 Å². The predicted octanol–water partition coefficient (Wildman–Crippen LogP) is 0.791. The van der Waals surface area contributed by atoms with Gasteiger partial charge in [-0.2, -0.15) is 0 Å². The van der Waals surface area contributed by atoms with Crippen LogP contribution in [0.25, 0.3) is 0 Å². The highest BCUT2D eigenvalue weighted by Gasteiger charge is 2.09. The zero-order valence-corrected chi connectivity index (χ0v) is 6.65. The van der Waals surface area contributed by atoms with Crippen LogP contribution in [0.3, 0.4) is 0 Å². The van der Waals surface area contributed by atoms with Gasteiger partial charge in [0.15, 0.2) is 0 Å². The molecule has 0 fully saturated rings. The maximum atomic E-state index is 4.77. The first kappa shape index (κ1) is 8.62. The molecule has 0 aromatic carbocycles. The molecule has 0 aromatic rings. The van der Waals surface area contributed by atoms with Crippen LogP contribution in [0.4, 0.5) is 0 Å². The number of rotatable bonds is 3. The lowest BCUT2D eigenvalue weighted by atomic mass is 10.7. The predicted molar refractivity (Wildman–Crippen MR) is 39.6 cm³/mol. The van der Waals surface area contributed by atoms with E-state index in [0.717, 1.165) is 0 Å². The van der Waals surface area contributed by atoms with Crippen LogP contribution in [0.1, 0.15) is 0 Å². The van der Waals surface area contributed by atoms with E-state index in [1.54, 1.807) is 14.2 Å². The lowest BCUT2D eigenvalue weighted by Crippen LogP contribution is -2.18. The van der Waals surface area contributed by atoms with Crippen LogP contribution in [0.15, 0.2) is 0 Å². The van der Waals surface area contributed by atoms with Gasteiger partial charge in [0.2, 0.25) is 0 Å². The van der Waals surface area contributed by atoms with Gasteiger partial charge < -0.3 is 9.47 Å². The van der Waals surface area contributed by atoms with Crippen molar-refractivity contribution in [3.63, 3.8) is 0 Å². The van der Waals surface area contributed by atoms with E-state index in [1.807, 2.05) is 0 Å². The van der Waals surface area contributed by atoms with E-state index in [-0.39, 0.29) is 10.9 Å². The lowest BCUT2D eigenvalue weighted by molar-refractivity contribution is 0.0629. The SMILES string of the molecule is COC(S)C(S)OC. The third kappa shape index (κ3) is 2.81. The molecule has 0 bridgehead atoms. The molecule has 0 radical (unpaired) electrons. The second kappa shape index (κ2) is 4.49. The molecule has 50 valence electrons. The summed E-state index contributed by atoms with van der Waals surface area (Å²) in [5.41, 5.74) is -0.494. The van der Waals surface area contributed by atoms with Crippen molar-refractivity contribution in [3.05, 3.63) is 0 Å². The molecule has 8 heavy (non-hydrogen) atoms. The Kier molecular flexibility index (Phi) is 4.84. The van der Waals surface area contributed by atoms with Crippen molar-refractivity contribution in [2.45, 2.75) is 10.9 Å². The molecule has 4 heteroatoms. The number of thiol groups is 2. The van der Waals surface area contributed by atoms with E-state index in [1.165, 1.54) is 0 Å². The van der Waals surface area contributed by atoms with Gasteiger partial charge in [0.05, 0.1) is 0 Å². The first-order valence-corrected chi connectivity index (χ1v) is 3.17. The van der Waals surface area contributed by atoms with Crippen LogP contribution in [-0.4, -0.2) is 25.1 Å².